The van der Waals surface area contributed by atoms with E-state index in [4.69, 9.17) is 0 Å². The molecule has 2 atom stereocenters. The molecule has 0 bridgehead atoms. The van der Waals surface area contributed by atoms with Crippen LogP contribution in [0.3, 0.4) is 0 Å². The van der Waals surface area contributed by atoms with E-state index in [-0.39, 0.29) is 29.3 Å². The summed E-state index contributed by atoms with van der Waals surface area (Å²) in [6.45, 7) is 2.62. The first-order valence-corrected chi connectivity index (χ1v) is 10.3. The van der Waals surface area contributed by atoms with E-state index in [0.717, 1.165) is 5.56 Å². The zero-order valence-corrected chi connectivity index (χ0v) is 15.7. The van der Waals surface area contributed by atoms with Crippen molar-refractivity contribution in [2.75, 3.05) is 13.1 Å². The van der Waals surface area contributed by atoms with Gasteiger partial charge in [0.25, 0.3) is 0 Å². The fraction of sp³-hybridized carbons (Fsp3) is 0.350. The zero-order valence-electron chi connectivity index (χ0n) is 14.8. The maximum absolute atomic E-state index is 12.8. The molecule has 1 aliphatic rings. The Hall–Kier alpha value is -2.18. The molecule has 0 radical (unpaired) electrons. The lowest BCUT2D eigenvalue weighted by molar-refractivity contribution is -0.126. The minimum Gasteiger partial charge on any atom is -0.349 e. The van der Waals surface area contributed by atoms with Gasteiger partial charge in [0, 0.05) is 13.1 Å². The van der Waals surface area contributed by atoms with Gasteiger partial charge in [0.05, 0.1) is 16.9 Å². The monoisotopic (exact) mass is 372 g/mol. The number of hydrogen-bond donors (Lipinski definition) is 1. The molecule has 0 spiro atoms. The second kappa shape index (κ2) is 8.01. The molecule has 3 rings (SSSR count). The number of carbonyl (C=O) groups is 1. The fourth-order valence-electron chi connectivity index (χ4n) is 3.27. The maximum Gasteiger partial charge on any atom is 0.243 e. The third-order valence-electron chi connectivity index (χ3n) is 4.79. The molecular formula is C20H24N2O3S. The van der Waals surface area contributed by atoms with Crippen LogP contribution in [-0.2, 0) is 14.8 Å². The Bertz CT molecular complexity index is 838. The second-order valence-electron chi connectivity index (χ2n) is 6.66. The van der Waals surface area contributed by atoms with Crippen LogP contribution in [0.5, 0.6) is 0 Å². The van der Waals surface area contributed by atoms with Crippen molar-refractivity contribution in [3.8, 4) is 0 Å². The quantitative estimate of drug-likeness (QED) is 0.877. The predicted molar refractivity (Wildman–Crippen MR) is 101 cm³/mol. The third kappa shape index (κ3) is 4.14. The van der Waals surface area contributed by atoms with Crippen LogP contribution in [0.4, 0.5) is 0 Å². The molecular weight excluding hydrogens is 348 g/mol. The highest BCUT2D eigenvalue weighted by Gasteiger charge is 2.33. The summed E-state index contributed by atoms with van der Waals surface area (Å²) in [6.07, 6.45) is 1.39. The van der Waals surface area contributed by atoms with Gasteiger partial charge in [-0.15, -0.1) is 0 Å². The van der Waals surface area contributed by atoms with Crippen molar-refractivity contribution < 1.29 is 13.2 Å². The Balaban J connectivity index is 1.67. The van der Waals surface area contributed by atoms with Crippen molar-refractivity contribution in [1.82, 2.24) is 9.62 Å². The van der Waals surface area contributed by atoms with E-state index >= 15 is 0 Å². The first-order valence-electron chi connectivity index (χ1n) is 8.89. The topological polar surface area (TPSA) is 66.5 Å². The number of sulfonamides is 1. The van der Waals surface area contributed by atoms with Gasteiger partial charge in [-0.05, 0) is 37.5 Å². The molecule has 1 saturated heterocycles. The molecule has 1 unspecified atom stereocenters. The van der Waals surface area contributed by atoms with Crippen LogP contribution in [0.25, 0.3) is 0 Å². The van der Waals surface area contributed by atoms with Crippen LogP contribution >= 0.6 is 0 Å². The number of nitrogens with one attached hydrogen (secondary N) is 1. The summed E-state index contributed by atoms with van der Waals surface area (Å²) < 4.78 is 27.0. The third-order valence-corrected chi connectivity index (χ3v) is 6.67. The van der Waals surface area contributed by atoms with Crippen molar-refractivity contribution in [1.29, 1.82) is 0 Å². The van der Waals surface area contributed by atoms with E-state index < -0.39 is 10.0 Å². The molecule has 1 heterocycles. The molecule has 138 valence electrons. The highest BCUT2D eigenvalue weighted by Crippen LogP contribution is 2.24. The summed E-state index contributed by atoms with van der Waals surface area (Å²) in [5.41, 5.74) is 1.03. The standard InChI is InChI=1S/C20H24N2O3S/c1-16(17-9-4-2-5-10-17)21-20(23)18-11-8-14-22(15-18)26(24,25)19-12-6-3-7-13-19/h2-7,9-10,12-13,16,18H,8,11,14-15H2,1H3,(H,21,23)/t16-,18?/m0/s1. The molecule has 2 aromatic rings. The molecule has 1 aliphatic heterocycles. The Kier molecular flexibility index (Phi) is 5.74. The van der Waals surface area contributed by atoms with Gasteiger partial charge in [-0.1, -0.05) is 48.5 Å². The lowest BCUT2D eigenvalue weighted by Gasteiger charge is -2.32. The van der Waals surface area contributed by atoms with Crippen molar-refractivity contribution in [3.63, 3.8) is 0 Å². The average Bonchev–Trinajstić information content (AvgIpc) is 2.69. The molecule has 5 nitrogen and oxygen atoms in total. The van der Waals surface area contributed by atoms with E-state index in [0.29, 0.717) is 19.4 Å². The highest BCUT2D eigenvalue weighted by atomic mass is 32.2. The van der Waals surface area contributed by atoms with E-state index in [9.17, 15) is 13.2 Å². The zero-order chi connectivity index (χ0) is 18.6. The average molecular weight is 372 g/mol. The molecule has 2 aromatic carbocycles. The number of carbonyl (C=O) groups excluding carboxylic acids is 1. The van der Waals surface area contributed by atoms with Gasteiger partial charge >= 0.3 is 0 Å². The SMILES string of the molecule is C[C@H](NC(=O)C1CCCN(S(=O)(=O)c2ccccc2)C1)c1ccccc1. The number of benzene rings is 2. The van der Waals surface area contributed by atoms with Crippen molar-refractivity contribution in [3.05, 3.63) is 66.2 Å². The molecule has 26 heavy (non-hydrogen) atoms. The lowest BCUT2D eigenvalue weighted by atomic mass is 9.98. The van der Waals surface area contributed by atoms with Crippen LogP contribution in [0.2, 0.25) is 0 Å². The summed E-state index contributed by atoms with van der Waals surface area (Å²) in [7, 11) is -3.56. The van der Waals surface area contributed by atoms with Crippen molar-refractivity contribution >= 4 is 15.9 Å². The molecule has 1 fully saturated rings. The van der Waals surface area contributed by atoms with Gasteiger partial charge in [-0.25, -0.2) is 8.42 Å². The molecule has 1 amide bonds. The van der Waals surface area contributed by atoms with Gasteiger partial charge in [0.1, 0.15) is 0 Å². The number of rotatable bonds is 5. The van der Waals surface area contributed by atoms with Gasteiger partial charge in [-0.3, -0.25) is 4.79 Å². The van der Waals surface area contributed by atoms with Gasteiger partial charge < -0.3 is 5.32 Å². The van der Waals surface area contributed by atoms with E-state index in [1.165, 1.54) is 4.31 Å². The van der Waals surface area contributed by atoms with Crippen LogP contribution in [0, 0.1) is 5.92 Å². The normalized spacial score (nSPS) is 19.7. The maximum atomic E-state index is 12.8. The van der Waals surface area contributed by atoms with Gasteiger partial charge in [0.15, 0.2) is 0 Å². The van der Waals surface area contributed by atoms with E-state index in [1.807, 2.05) is 37.3 Å². The molecule has 6 heteroatoms. The van der Waals surface area contributed by atoms with E-state index in [2.05, 4.69) is 5.32 Å². The van der Waals surface area contributed by atoms with Crippen LogP contribution in [-0.4, -0.2) is 31.7 Å². The summed E-state index contributed by atoms with van der Waals surface area (Å²) in [6, 6.07) is 18.0. The minimum atomic E-state index is -3.56. The predicted octanol–water partition coefficient (Wildman–Crippen LogP) is 2.96. The van der Waals surface area contributed by atoms with Crippen LogP contribution < -0.4 is 5.32 Å². The summed E-state index contributed by atoms with van der Waals surface area (Å²) in [4.78, 5) is 12.9. The second-order valence-corrected chi connectivity index (χ2v) is 8.59. The van der Waals surface area contributed by atoms with Crippen molar-refractivity contribution in [2.24, 2.45) is 5.92 Å². The van der Waals surface area contributed by atoms with Gasteiger partial charge in [0.2, 0.25) is 15.9 Å². The van der Waals surface area contributed by atoms with E-state index in [1.54, 1.807) is 30.3 Å². The van der Waals surface area contributed by atoms with Crippen LogP contribution in [0.1, 0.15) is 31.4 Å². The lowest BCUT2D eigenvalue weighted by Crippen LogP contribution is -2.45. The molecule has 0 aliphatic carbocycles. The smallest absolute Gasteiger partial charge is 0.243 e. The number of hydrogen-bond acceptors (Lipinski definition) is 3. The fourth-order valence-corrected chi connectivity index (χ4v) is 4.82. The molecule has 0 saturated carbocycles. The summed E-state index contributed by atoms with van der Waals surface area (Å²) in [5.74, 6) is -0.414. The Labute approximate surface area is 155 Å². The minimum absolute atomic E-state index is 0.0886. The van der Waals surface area contributed by atoms with Gasteiger partial charge in [-0.2, -0.15) is 4.31 Å². The number of nitrogens with zero attached hydrogens (tertiary/aromatic N) is 1. The first-order chi connectivity index (χ1) is 12.5. The van der Waals surface area contributed by atoms with Crippen molar-refractivity contribution in [2.45, 2.75) is 30.7 Å². The number of piperidine rings is 1. The Morgan fingerprint density at radius 2 is 1.69 bits per heavy atom. The Morgan fingerprint density at radius 3 is 2.35 bits per heavy atom. The largest absolute Gasteiger partial charge is 0.349 e. The number of amides is 1. The van der Waals surface area contributed by atoms with Crippen LogP contribution in [0.15, 0.2) is 65.6 Å². The molecule has 1 N–H and O–H groups in total. The summed E-state index contributed by atoms with van der Waals surface area (Å²) in [5, 5.41) is 3.02. The first kappa shape index (κ1) is 18.6. The molecule has 0 aromatic heterocycles. The summed E-state index contributed by atoms with van der Waals surface area (Å²) >= 11 is 0. The Morgan fingerprint density at radius 1 is 1.08 bits per heavy atom. The highest BCUT2D eigenvalue weighted by molar-refractivity contribution is 7.89.